The highest BCUT2D eigenvalue weighted by Crippen LogP contribution is 2.25. The van der Waals surface area contributed by atoms with Crippen LogP contribution in [-0.4, -0.2) is 18.9 Å². The van der Waals surface area contributed by atoms with Crippen LogP contribution in [-0.2, 0) is 9.47 Å². The van der Waals surface area contributed by atoms with E-state index in [-0.39, 0.29) is 18.9 Å². The lowest BCUT2D eigenvalue weighted by atomic mass is 10.0. The molecule has 1 fully saturated rings. The summed E-state index contributed by atoms with van der Waals surface area (Å²) in [6.07, 6.45) is 3.57. The summed E-state index contributed by atoms with van der Waals surface area (Å²) >= 11 is 0. The van der Waals surface area contributed by atoms with Gasteiger partial charge in [0, 0.05) is 12.1 Å². The summed E-state index contributed by atoms with van der Waals surface area (Å²) in [6.45, 7) is 0.275. The molecule has 0 saturated carbocycles. The third-order valence-corrected chi connectivity index (χ3v) is 1.80. The Kier molecular flexibility index (Phi) is 1.37. The Bertz CT molecular complexity index is 211. The van der Waals surface area contributed by atoms with Crippen molar-refractivity contribution in [2.45, 2.75) is 12.1 Å². The third kappa shape index (κ3) is 1.00. The second-order valence-corrected chi connectivity index (χ2v) is 2.62. The summed E-state index contributed by atoms with van der Waals surface area (Å²) in [5.41, 5.74) is 11.3. The average Bonchev–Trinajstić information content (AvgIpc) is 2.36. The van der Waals surface area contributed by atoms with Crippen LogP contribution in [0.2, 0.25) is 0 Å². The molecule has 4 heteroatoms. The Labute approximate surface area is 64.4 Å². The molecular weight excluding hydrogens is 144 g/mol. The number of fused-ring (bicyclic) bond motifs is 1. The zero-order valence-electron chi connectivity index (χ0n) is 5.99. The number of nitrogens with two attached hydrogens (primary N) is 2. The van der Waals surface area contributed by atoms with Gasteiger partial charge in [-0.25, -0.2) is 0 Å². The van der Waals surface area contributed by atoms with E-state index in [2.05, 4.69) is 0 Å². The van der Waals surface area contributed by atoms with E-state index in [9.17, 15) is 0 Å². The Morgan fingerprint density at radius 2 is 1.55 bits per heavy atom. The van der Waals surface area contributed by atoms with Crippen molar-refractivity contribution < 1.29 is 9.47 Å². The van der Waals surface area contributed by atoms with Crippen LogP contribution in [0.5, 0.6) is 0 Å². The number of rotatable bonds is 0. The molecule has 60 valence electrons. The number of hydrogen-bond donors (Lipinski definition) is 2. The van der Waals surface area contributed by atoms with Gasteiger partial charge in [-0.3, -0.25) is 0 Å². The molecule has 2 aliphatic rings. The van der Waals surface area contributed by atoms with Crippen LogP contribution in [0.4, 0.5) is 0 Å². The molecule has 2 rings (SSSR count). The minimum Gasteiger partial charge on any atom is -0.454 e. The van der Waals surface area contributed by atoms with Crippen molar-refractivity contribution >= 4 is 0 Å². The SMILES string of the molecule is NC1C=C2OCOC2=CC1N. The molecule has 11 heavy (non-hydrogen) atoms. The average molecular weight is 154 g/mol. The molecule has 0 aromatic carbocycles. The second kappa shape index (κ2) is 2.25. The van der Waals surface area contributed by atoms with E-state index in [4.69, 9.17) is 20.9 Å². The zero-order valence-corrected chi connectivity index (χ0v) is 5.99. The maximum absolute atomic E-state index is 5.65. The van der Waals surface area contributed by atoms with Crippen LogP contribution in [0.15, 0.2) is 23.7 Å². The van der Waals surface area contributed by atoms with Crippen LogP contribution >= 0.6 is 0 Å². The van der Waals surface area contributed by atoms with Crippen molar-refractivity contribution in [3.8, 4) is 0 Å². The molecular formula is C7H10N2O2. The topological polar surface area (TPSA) is 70.5 Å². The highest BCUT2D eigenvalue weighted by atomic mass is 16.7. The first kappa shape index (κ1) is 6.69. The van der Waals surface area contributed by atoms with Gasteiger partial charge in [-0.15, -0.1) is 0 Å². The van der Waals surface area contributed by atoms with E-state index >= 15 is 0 Å². The van der Waals surface area contributed by atoms with Gasteiger partial charge in [0.2, 0.25) is 6.79 Å². The van der Waals surface area contributed by atoms with Crippen LogP contribution in [0.3, 0.4) is 0 Å². The molecule has 0 amide bonds. The predicted octanol–water partition coefficient (Wildman–Crippen LogP) is -0.573. The largest absolute Gasteiger partial charge is 0.454 e. The first-order valence-corrected chi connectivity index (χ1v) is 3.48. The monoisotopic (exact) mass is 154 g/mol. The van der Waals surface area contributed by atoms with Crippen LogP contribution in [0.25, 0.3) is 0 Å². The maximum atomic E-state index is 5.65. The number of hydrogen-bond acceptors (Lipinski definition) is 4. The van der Waals surface area contributed by atoms with E-state index in [1.54, 1.807) is 12.2 Å². The van der Waals surface area contributed by atoms with Gasteiger partial charge < -0.3 is 20.9 Å². The van der Waals surface area contributed by atoms with Crippen LogP contribution in [0.1, 0.15) is 0 Å². The molecule has 4 N–H and O–H groups in total. The van der Waals surface area contributed by atoms with Crippen molar-refractivity contribution in [3.63, 3.8) is 0 Å². The minimum absolute atomic E-state index is 0.157. The van der Waals surface area contributed by atoms with Crippen molar-refractivity contribution in [1.29, 1.82) is 0 Å². The second-order valence-electron chi connectivity index (χ2n) is 2.62. The smallest absolute Gasteiger partial charge is 0.231 e. The molecule has 1 aliphatic heterocycles. The van der Waals surface area contributed by atoms with Crippen molar-refractivity contribution in [3.05, 3.63) is 23.7 Å². The molecule has 1 aliphatic carbocycles. The highest BCUT2D eigenvalue weighted by Gasteiger charge is 2.25. The fraction of sp³-hybridized carbons (Fsp3) is 0.429. The molecule has 2 unspecified atom stereocenters. The summed E-state index contributed by atoms with van der Waals surface area (Å²) in [5, 5.41) is 0. The van der Waals surface area contributed by atoms with Gasteiger partial charge in [-0.05, 0) is 12.2 Å². The fourth-order valence-electron chi connectivity index (χ4n) is 1.13. The molecule has 0 spiro atoms. The summed E-state index contributed by atoms with van der Waals surface area (Å²) in [6, 6.07) is -0.314. The lowest BCUT2D eigenvalue weighted by molar-refractivity contribution is 0.0977. The van der Waals surface area contributed by atoms with Gasteiger partial charge in [0.1, 0.15) is 0 Å². The Hall–Kier alpha value is -1.00. The normalized spacial score (nSPS) is 34.7. The molecule has 0 bridgehead atoms. The summed E-state index contributed by atoms with van der Waals surface area (Å²) in [5.74, 6) is 1.44. The molecule has 2 atom stereocenters. The lowest BCUT2D eigenvalue weighted by Crippen LogP contribution is -2.40. The van der Waals surface area contributed by atoms with Gasteiger partial charge in [-0.1, -0.05) is 0 Å². The summed E-state index contributed by atoms with van der Waals surface area (Å²) < 4.78 is 10.2. The molecule has 1 saturated heterocycles. The van der Waals surface area contributed by atoms with Crippen molar-refractivity contribution in [1.82, 2.24) is 0 Å². The summed E-state index contributed by atoms with van der Waals surface area (Å²) in [7, 11) is 0. The van der Waals surface area contributed by atoms with E-state index < -0.39 is 0 Å². The van der Waals surface area contributed by atoms with E-state index in [1.165, 1.54) is 0 Å². The predicted molar refractivity (Wildman–Crippen MR) is 39.2 cm³/mol. The fourth-order valence-corrected chi connectivity index (χ4v) is 1.13. The van der Waals surface area contributed by atoms with Crippen molar-refractivity contribution in [2.75, 3.05) is 6.79 Å². The van der Waals surface area contributed by atoms with Gasteiger partial charge >= 0.3 is 0 Å². The number of ether oxygens (including phenoxy) is 2. The molecule has 0 radical (unpaired) electrons. The van der Waals surface area contributed by atoms with Crippen molar-refractivity contribution in [2.24, 2.45) is 11.5 Å². The van der Waals surface area contributed by atoms with Crippen LogP contribution in [0, 0.1) is 0 Å². The van der Waals surface area contributed by atoms with Crippen LogP contribution < -0.4 is 11.5 Å². The first-order chi connectivity index (χ1) is 5.27. The Morgan fingerprint density at radius 3 is 2.00 bits per heavy atom. The molecule has 0 aromatic rings. The van der Waals surface area contributed by atoms with E-state index in [0.717, 1.165) is 11.5 Å². The molecule has 0 aromatic heterocycles. The van der Waals surface area contributed by atoms with Gasteiger partial charge in [-0.2, -0.15) is 0 Å². The van der Waals surface area contributed by atoms with Gasteiger partial charge in [0.05, 0.1) is 0 Å². The highest BCUT2D eigenvalue weighted by molar-refractivity contribution is 5.31. The Balaban J connectivity index is 2.29. The maximum Gasteiger partial charge on any atom is 0.231 e. The van der Waals surface area contributed by atoms with E-state index in [0.29, 0.717) is 0 Å². The quantitative estimate of drug-likeness (QED) is 0.490. The third-order valence-electron chi connectivity index (χ3n) is 1.80. The molecule has 1 heterocycles. The van der Waals surface area contributed by atoms with Gasteiger partial charge in [0.25, 0.3) is 0 Å². The standard InChI is InChI=1S/C7H10N2O2/c8-4-1-6-7(2-5(4)9)11-3-10-6/h1-2,4-5H,3,8-9H2. The zero-order chi connectivity index (χ0) is 7.84. The summed E-state index contributed by atoms with van der Waals surface area (Å²) in [4.78, 5) is 0. The first-order valence-electron chi connectivity index (χ1n) is 3.48. The molecule has 4 nitrogen and oxygen atoms in total. The Morgan fingerprint density at radius 1 is 1.09 bits per heavy atom. The minimum atomic E-state index is -0.157. The van der Waals surface area contributed by atoms with E-state index in [1.807, 2.05) is 0 Å². The van der Waals surface area contributed by atoms with Gasteiger partial charge in [0.15, 0.2) is 11.5 Å². The lowest BCUT2D eigenvalue weighted by Gasteiger charge is -2.17.